The molecule has 1 heterocycles. The zero-order valence-corrected chi connectivity index (χ0v) is 11.4. The molecule has 1 atom stereocenters. The van der Waals surface area contributed by atoms with Gasteiger partial charge in [0, 0.05) is 32.7 Å². The van der Waals surface area contributed by atoms with Crippen LogP contribution in [0.2, 0.25) is 0 Å². The Kier molecular flexibility index (Phi) is 5.17. The van der Waals surface area contributed by atoms with Crippen LogP contribution in [0.4, 0.5) is 0 Å². The van der Waals surface area contributed by atoms with Crippen molar-refractivity contribution in [1.82, 2.24) is 9.80 Å². The van der Waals surface area contributed by atoms with E-state index in [4.69, 9.17) is 5.73 Å². The van der Waals surface area contributed by atoms with Crippen LogP contribution in [0, 0.1) is 5.92 Å². The lowest BCUT2D eigenvalue weighted by molar-refractivity contribution is 0.264. The van der Waals surface area contributed by atoms with Crippen molar-refractivity contribution >= 4 is 0 Å². The lowest BCUT2D eigenvalue weighted by atomic mass is 10.1. The molecule has 0 spiro atoms. The van der Waals surface area contributed by atoms with Crippen LogP contribution >= 0.6 is 0 Å². The van der Waals surface area contributed by atoms with Gasteiger partial charge < -0.3 is 10.6 Å². The van der Waals surface area contributed by atoms with Crippen molar-refractivity contribution < 1.29 is 0 Å². The van der Waals surface area contributed by atoms with Crippen molar-refractivity contribution in [2.24, 2.45) is 11.7 Å². The van der Waals surface area contributed by atoms with E-state index in [9.17, 15) is 0 Å². The van der Waals surface area contributed by atoms with E-state index in [2.05, 4.69) is 47.2 Å². The van der Waals surface area contributed by atoms with Crippen molar-refractivity contribution in [3.8, 4) is 0 Å². The molecule has 3 heteroatoms. The van der Waals surface area contributed by atoms with Gasteiger partial charge in [-0.1, -0.05) is 30.3 Å². The third-order valence-corrected chi connectivity index (χ3v) is 3.70. The van der Waals surface area contributed by atoms with Crippen molar-refractivity contribution in [3.63, 3.8) is 0 Å². The highest BCUT2D eigenvalue weighted by Gasteiger charge is 2.23. The van der Waals surface area contributed by atoms with Crippen LogP contribution < -0.4 is 5.73 Å². The monoisotopic (exact) mass is 247 g/mol. The second-order valence-corrected chi connectivity index (χ2v) is 5.43. The molecule has 0 aromatic heterocycles. The minimum atomic E-state index is 0.761. The third kappa shape index (κ3) is 4.09. The maximum Gasteiger partial charge on any atom is 0.0233 e. The second-order valence-electron chi connectivity index (χ2n) is 5.43. The van der Waals surface area contributed by atoms with Gasteiger partial charge in [-0.05, 0) is 31.5 Å². The standard InChI is InChI=1S/C15H25N3/c1-17(10-8-16)11-15-7-9-18(13-15)12-14-5-3-2-4-6-14/h2-6,15H,7-13,16H2,1H3/t15-/m0/s1. The van der Waals surface area contributed by atoms with Gasteiger partial charge in [-0.25, -0.2) is 0 Å². The summed E-state index contributed by atoms with van der Waals surface area (Å²) in [6.45, 7) is 6.51. The average molecular weight is 247 g/mol. The molecule has 2 N–H and O–H groups in total. The molecule has 3 nitrogen and oxygen atoms in total. The van der Waals surface area contributed by atoms with E-state index >= 15 is 0 Å². The van der Waals surface area contributed by atoms with E-state index in [0.717, 1.165) is 25.6 Å². The van der Waals surface area contributed by atoms with Crippen LogP contribution in [0.1, 0.15) is 12.0 Å². The highest BCUT2D eigenvalue weighted by atomic mass is 15.2. The second kappa shape index (κ2) is 6.88. The van der Waals surface area contributed by atoms with E-state index in [1.165, 1.54) is 31.6 Å². The Balaban J connectivity index is 1.75. The molecule has 1 aliphatic heterocycles. The van der Waals surface area contributed by atoms with Crippen LogP contribution in [0.25, 0.3) is 0 Å². The highest BCUT2D eigenvalue weighted by Crippen LogP contribution is 2.19. The summed E-state index contributed by atoms with van der Waals surface area (Å²) in [6.07, 6.45) is 1.32. The smallest absolute Gasteiger partial charge is 0.0233 e. The Morgan fingerprint density at radius 1 is 1.33 bits per heavy atom. The van der Waals surface area contributed by atoms with Gasteiger partial charge in [-0.2, -0.15) is 0 Å². The fraction of sp³-hybridized carbons (Fsp3) is 0.600. The van der Waals surface area contributed by atoms with E-state index in [1.807, 2.05) is 0 Å². The summed E-state index contributed by atoms with van der Waals surface area (Å²) in [4.78, 5) is 4.92. The Bertz CT molecular complexity index is 339. The fourth-order valence-corrected chi connectivity index (χ4v) is 2.80. The molecular weight excluding hydrogens is 222 g/mol. The molecule has 0 bridgehead atoms. The Hall–Kier alpha value is -0.900. The molecule has 0 unspecified atom stereocenters. The van der Waals surface area contributed by atoms with E-state index in [-0.39, 0.29) is 0 Å². The third-order valence-electron chi connectivity index (χ3n) is 3.70. The Morgan fingerprint density at radius 2 is 2.11 bits per heavy atom. The number of nitrogens with zero attached hydrogens (tertiary/aromatic N) is 2. The summed E-state index contributed by atoms with van der Waals surface area (Å²) in [7, 11) is 2.17. The number of hydrogen-bond donors (Lipinski definition) is 1. The number of benzene rings is 1. The van der Waals surface area contributed by atoms with Gasteiger partial charge in [-0.3, -0.25) is 4.90 Å². The molecule has 1 aromatic rings. The molecular formula is C15H25N3. The lowest BCUT2D eigenvalue weighted by Gasteiger charge is -2.21. The fourth-order valence-electron chi connectivity index (χ4n) is 2.80. The molecule has 0 saturated carbocycles. The van der Waals surface area contributed by atoms with Crippen LogP contribution in [-0.2, 0) is 6.54 Å². The summed E-state index contributed by atoms with van der Waals surface area (Å²) < 4.78 is 0. The maximum absolute atomic E-state index is 5.58. The van der Waals surface area contributed by atoms with E-state index in [1.54, 1.807) is 0 Å². The average Bonchev–Trinajstić information content (AvgIpc) is 2.78. The van der Waals surface area contributed by atoms with Gasteiger partial charge in [-0.15, -0.1) is 0 Å². The van der Waals surface area contributed by atoms with Crippen molar-refractivity contribution in [2.45, 2.75) is 13.0 Å². The van der Waals surface area contributed by atoms with Gasteiger partial charge in [0.25, 0.3) is 0 Å². The summed E-state index contributed by atoms with van der Waals surface area (Å²) in [5.74, 6) is 0.810. The normalized spacial score (nSPS) is 20.7. The minimum absolute atomic E-state index is 0.761. The summed E-state index contributed by atoms with van der Waals surface area (Å²) in [5.41, 5.74) is 7.01. The van der Waals surface area contributed by atoms with Crippen LogP contribution in [0.5, 0.6) is 0 Å². The van der Waals surface area contributed by atoms with Gasteiger partial charge in [0.15, 0.2) is 0 Å². The van der Waals surface area contributed by atoms with Gasteiger partial charge in [0.1, 0.15) is 0 Å². The minimum Gasteiger partial charge on any atom is -0.329 e. The predicted octanol–water partition coefficient (Wildman–Crippen LogP) is 1.40. The zero-order valence-electron chi connectivity index (χ0n) is 11.4. The molecule has 1 saturated heterocycles. The first-order valence-electron chi connectivity index (χ1n) is 6.93. The SMILES string of the molecule is CN(CCN)C[C@@H]1CCN(Cc2ccccc2)C1. The molecule has 0 amide bonds. The van der Waals surface area contributed by atoms with Crippen molar-refractivity contribution in [2.75, 3.05) is 39.8 Å². The number of hydrogen-bond acceptors (Lipinski definition) is 3. The number of likely N-dealkylation sites (N-methyl/N-ethyl adjacent to an activating group) is 1. The first kappa shape index (κ1) is 13.5. The largest absolute Gasteiger partial charge is 0.329 e. The quantitative estimate of drug-likeness (QED) is 0.825. The van der Waals surface area contributed by atoms with Crippen LogP contribution in [0.15, 0.2) is 30.3 Å². The van der Waals surface area contributed by atoms with Gasteiger partial charge >= 0.3 is 0 Å². The molecule has 1 aromatic carbocycles. The van der Waals surface area contributed by atoms with Gasteiger partial charge in [0.2, 0.25) is 0 Å². The topological polar surface area (TPSA) is 32.5 Å². The molecule has 2 rings (SSSR count). The molecule has 100 valence electrons. The van der Waals surface area contributed by atoms with Crippen molar-refractivity contribution in [1.29, 1.82) is 0 Å². The Labute approximate surface area is 111 Å². The van der Waals surface area contributed by atoms with Crippen molar-refractivity contribution in [3.05, 3.63) is 35.9 Å². The summed E-state index contributed by atoms with van der Waals surface area (Å²) >= 11 is 0. The molecule has 18 heavy (non-hydrogen) atoms. The Morgan fingerprint density at radius 3 is 2.83 bits per heavy atom. The van der Waals surface area contributed by atoms with Gasteiger partial charge in [0.05, 0.1) is 0 Å². The van der Waals surface area contributed by atoms with Crippen LogP contribution in [-0.4, -0.2) is 49.6 Å². The molecule has 0 aliphatic carbocycles. The summed E-state index contributed by atoms with van der Waals surface area (Å²) in [6, 6.07) is 10.8. The number of nitrogens with two attached hydrogens (primary N) is 1. The first-order valence-corrected chi connectivity index (χ1v) is 6.93. The number of rotatable bonds is 6. The zero-order chi connectivity index (χ0) is 12.8. The van der Waals surface area contributed by atoms with E-state index in [0.29, 0.717) is 0 Å². The predicted molar refractivity (Wildman–Crippen MR) is 76.4 cm³/mol. The molecule has 1 fully saturated rings. The number of likely N-dealkylation sites (tertiary alicyclic amines) is 1. The first-order chi connectivity index (χ1) is 8.78. The summed E-state index contributed by atoms with van der Waals surface area (Å²) in [5, 5.41) is 0. The molecule has 0 radical (unpaired) electrons. The maximum atomic E-state index is 5.58. The lowest BCUT2D eigenvalue weighted by Crippen LogP contribution is -2.31. The highest BCUT2D eigenvalue weighted by molar-refractivity contribution is 5.14. The molecule has 1 aliphatic rings. The van der Waals surface area contributed by atoms with Crippen LogP contribution in [0.3, 0.4) is 0 Å². The van der Waals surface area contributed by atoms with E-state index < -0.39 is 0 Å².